The van der Waals surface area contributed by atoms with Gasteiger partial charge in [-0.2, -0.15) is 0 Å². The Morgan fingerprint density at radius 3 is 2.82 bits per heavy atom. The summed E-state index contributed by atoms with van der Waals surface area (Å²) in [6.07, 6.45) is 0. The number of hydrogen-bond acceptors (Lipinski definition) is 3. The Kier molecular flexibility index (Phi) is 5.18. The van der Waals surface area contributed by atoms with Crippen molar-refractivity contribution in [1.29, 1.82) is 0 Å². The third-order valence-corrected chi connectivity index (χ3v) is 3.32. The van der Waals surface area contributed by atoms with Crippen LogP contribution in [0.1, 0.15) is 17.3 Å². The van der Waals surface area contributed by atoms with Crippen molar-refractivity contribution in [2.45, 2.75) is 12.5 Å². The van der Waals surface area contributed by atoms with E-state index in [1.54, 1.807) is 18.2 Å². The monoisotopic (exact) mass is 369 g/mol. The third kappa shape index (κ3) is 4.42. The Balaban J connectivity index is 2.74. The van der Waals surface area contributed by atoms with Crippen LogP contribution in [0.4, 0.5) is 0 Å². The molecule has 94 valence electrons. The molecule has 1 atom stereocenters. The molecule has 0 saturated carbocycles. The molecule has 3 N–H and O–H groups in total. The number of carbonyl (C=O) groups is 1. The Morgan fingerprint density at radius 2 is 2.24 bits per heavy atom. The van der Waals surface area contributed by atoms with Crippen LogP contribution in [0.5, 0.6) is 0 Å². The van der Waals surface area contributed by atoms with Crippen molar-refractivity contribution >= 4 is 40.1 Å². The van der Waals surface area contributed by atoms with Crippen LogP contribution in [0, 0.1) is 3.57 Å². The quantitative estimate of drug-likeness (QED) is 0.703. The van der Waals surface area contributed by atoms with Crippen LogP contribution in [0.3, 0.4) is 0 Å². The Morgan fingerprint density at radius 1 is 1.59 bits per heavy atom. The summed E-state index contributed by atoms with van der Waals surface area (Å²) in [5.41, 5.74) is -0.869. The summed E-state index contributed by atoms with van der Waals surface area (Å²) in [5, 5.41) is 21.4. The lowest BCUT2D eigenvalue weighted by molar-refractivity contribution is 0.00319. The van der Waals surface area contributed by atoms with Crippen molar-refractivity contribution in [3.8, 4) is 0 Å². The van der Waals surface area contributed by atoms with E-state index in [1.165, 1.54) is 6.92 Å². The van der Waals surface area contributed by atoms with Gasteiger partial charge in [-0.05, 0) is 47.7 Å². The fourth-order valence-corrected chi connectivity index (χ4v) is 1.85. The molecule has 0 heterocycles. The van der Waals surface area contributed by atoms with E-state index in [0.717, 1.165) is 3.57 Å². The molecule has 0 radical (unpaired) electrons. The highest BCUT2D eigenvalue weighted by molar-refractivity contribution is 14.1. The van der Waals surface area contributed by atoms with Gasteiger partial charge < -0.3 is 15.5 Å². The van der Waals surface area contributed by atoms with Crippen LogP contribution in [-0.4, -0.2) is 34.9 Å². The van der Waals surface area contributed by atoms with E-state index in [1.807, 2.05) is 22.6 Å². The number of nitrogens with one attached hydrogen (secondary N) is 1. The molecule has 0 saturated heterocycles. The summed E-state index contributed by atoms with van der Waals surface area (Å²) in [4.78, 5) is 11.8. The van der Waals surface area contributed by atoms with Gasteiger partial charge in [0.05, 0.1) is 12.2 Å². The highest BCUT2D eigenvalue weighted by Crippen LogP contribution is 2.17. The van der Waals surface area contributed by atoms with E-state index in [4.69, 9.17) is 16.7 Å². The summed E-state index contributed by atoms with van der Waals surface area (Å²) in [6.45, 7) is 1.00. The van der Waals surface area contributed by atoms with E-state index in [9.17, 15) is 9.90 Å². The number of benzene rings is 1. The van der Waals surface area contributed by atoms with E-state index in [0.29, 0.717) is 10.6 Å². The summed E-state index contributed by atoms with van der Waals surface area (Å²) in [6, 6.07) is 5.00. The minimum atomic E-state index is -1.32. The fraction of sp³-hybridized carbons (Fsp3) is 0.364. The molecule has 4 nitrogen and oxygen atoms in total. The van der Waals surface area contributed by atoms with Gasteiger partial charge in [-0.1, -0.05) is 11.6 Å². The zero-order valence-electron chi connectivity index (χ0n) is 9.20. The number of aliphatic hydroxyl groups is 2. The van der Waals surface area contributed by atoms with Crippen molar-refractivity contribution in [1.82, 2.24) is 5.32 Å². The second-order valence-electron chi connectivity index (χ2n) is 3.96. The van der Waals surface area contributed by atoms with Gasteiger partial charge in [-0.15, -0.1) is 0 Å². The maximum Gasteiger partial charge on any atom is 0.252 e. The van der Waals surface area contributed by atoms with Crippen LogP contribution >= 0.6 is 34.2 Å². The third-order valence-electron chi connectivity index (χ3n) is 2.14. The molecule has 0 aliphatic rings. The molecule has 6 heteroatoms. The average molecular weight is 370 g/mol. The lowest BCUT2D eigenvalue weighted by atomic mass is 10.1. The molecular weight excluding hydrogens is 356 g/mol. The second kappa shape index (κ2) is 5.99. The number of halogens is 2. The molecule has 0 aliphatic heterocycles. The van der Waals surface area contributed by atoms with Gasteiger partial charge >= 0.3 is 0 Å². The van der Waals surface area contributed by atoms with Crippen molar-refractivity contribution < 1.29 is 15.0 Å². The summed E-state index contributed by atoms with van der Waals surface area (Å²) in [5.74, 6) is -0.328. The first-order chi connectivity index (χ1) is 7.85. The molecule has 0 spiro atoms. The highest BCUT2D eigenvalue weighted by atomic mass is 127. The summed E-state index contributed by atoms with van der Waals surface area (Å²) < 4.78 is 0.771. The first-order valence-corrected chi connectivity index (χ1v) is 6.38. The molecule has 0 aromatic heterocycles. The van der Waals surface area contributed by atoms with Gasteiger partial charge in [-0.25, -0.2) is 0 Å². The molecule has 1 unspecified atom stereocenters. The molecule has 1 amide bonds. The van der Waals surface area contributed by atoms with Crippen LogP contribution in [0.15, 0.2) is 18.2 Å². The minimum absolute atomic E-state index is 0.0229. The number of carbonyl (C=O) groups excluding carboxylic acids is 1. The molecule has 17 heavy (non-hydrogen) atoms. The van der Waals surface area contributed by atoms with Crippen LogP contribution in [-0.2, 0) is 0 Å². The maximum atomic E-state index is 11.8. The Hall–Kier alpha value is -0.370. The topological polar surface area (TPSA) is 69.6 Å². The molecule has 0 aliphatic carbocycles. The molecule has 0 bridgehead atoms. The van der Waals surface area contributed by atoms with E-state index in [2.05, 4.69) is 5.32 Å². The zero-order chi connectivity index (χ0) is 13.1. The SMILES string of the molecule is CC(O)(CO)CNC(=O)c1cc(Cl)ccc1I. The van der Waals surface area contributed by atoms with Crippen molar-refractivity contribution in [3.05, 3.63) is 32.4 Å². The lowest BCUT2D eigenvalue weighted by Gasteiger charge is -2.20. The Labute approximate surface area is 118 Å². The van der Waals surface area contributed by atoms with Gasteiger partial charge in [0.15, 0.2) is 0 Å². The lowest BCUT2D eigenvalue weighted by Crippen LogP contribution is -2.43. The molecule has 1 aromatic carbocycles. The molecular formula is C11H13ClINO3. The largest absolute Gasteiger partial charge is 0.393 e. The van der Waals surface area contributed by atoms with E-state index < -0.39 is 12.2 Å². The van der Waals surface area contributed by atoms with Crippen molar-refractivity contribution in [3.63, 3.8) is 0 Å². The molecule has 1 aromatic rings. The predicted octanol–water partition coefficient (Wildman–Crippen LogP) is 1.42. The Bertz CT molecular complexity index is 423. The van der Waals surface area contributed by atoms with Crippen molar-refractivity contribution in [2.24, 2.45) is 0 Å². The first kappa shape index (κ1) is 14.7. The number of amides is 1. The maximum absolute atomic E-state index is 11.8. The van der Waals surface area contributed by atoms with Crippen LogP contribution < -0.4 is 5.32 Å². The molecule has 0 fully saturated rings. The predicted molar refractivity (Wildman–Crippen MR) is 74.2 cm³/mol. The second-order valence-corrected chi connectivity index (χ2v) is 5.56. The summed E-state index contributed by atoms with van der Waals surface area (Å²) in [7, 11) is 0. The average Bonchev–Trinajstić information content (AvgIpc) is 2.29. The van der Waals surface area contributed by atoms with E-state index in [-0.39, 0.29) is 12.5 Å². The number of hydrogen-bond donors (Lipinski definition) is 3. The van der Waals surface area contributed by atoms with Gasteiger partial charge in [0.2, 0.25) is 0 Å². The van der Waals surface area contributed by atoms with Crippen LogP contribution in [0.2, 0.25) is 5.02 Å². The van der Waals surface area contributed by atoms with E-state index >= 15 is 0 Å². The van der Waals surface area contributed by atoms with Crippen molar-refractivity contribution in [2.75, 3.05) is 13.2 Å². The molecule has 1 rings (SSSR count). The van der Waals surface area contributed by atoms with Crippen LogP contribution in [0.25, 0.3) is 0 Å². The fourth-order valence-electron chi connectivity index (χ4n) is 1.09. The van der Waals surface area contributed by atoms with Gasteiger partial charge in [-0.3, -0.25) is 4.79 Å². The number of aliphatic hydroxyl groups excluding tert-OH is 1. The van der Waals surface area contributed by atoms with Gasteiger partial charge in [0, 0.05) is 15.1 Å². The number of rotatable bonds is 4. The standard InChI is InChI=1S/C11H13ClINO3/c1-11(17,6-15)5-14-10(16)8-4-7(12)2-3-9(8)13/h2-4,15,17H,5-6H2,1H3,(H,14,16). The van der Waals surface area contributed by atoms with Gasteiger partial charge in [0.25, 0.3) is 5.91 Å². The highest BCUT2D eigenvalue weighted by Gasteiger charge is 2.20. The zero-order valence-corrected chi connectivity index (χ0v) is 12.1. The first-order valence-electron chi connectivity index (χ1n) is 4.92. The minimum Gasteiger partial charge on any atom is -0.393 e. The van der Waals surface area contributed by atoms with Gasteiger partial charge in [0.1, 0.15) is 5.60 Å². The smallest absolute Gasteiger partial charge is 0.252 e. The summed E-state index contributed by atoms with van der Waals surface area (Å²) >= 11 is 7.84. The normalized spacial score (nSPS) is 14.2.